The lowest BCUT2D eigenvalue weighted by Gasteiger charge is -2.02. The van der Waals surface area contributed by atoms with E-state index in [0.29, 0.717) is 0 Å². The molecule has 1 heterocycles. The number of azide groups is 3. The minimum absolute atomic E-state index is 0.890. The predicted molar refractivity (Wildman–Crippen MR) is 50.6 cm³/mol. The third-order valence-electron chi connectivity index (χ3n) is 1.44. The number of pyridine rings is 1. The molecule has 0 aliphatic heterocycles. The van der Waals surface area contributed by atoms with Crippen LogP contribution >= 0.6 is 0 Å². The van der Waals surface area contributed by atoms with Gasteiger partial charge in [-0.25, -0.2) is 13.8 Å². The lowest BCUT2D eigenvalue weighted by molar-refractivity contribution is 0.580. The van der Waals surface area contributed by atoms with Crippen molar-refractivity contribution < 1.29 is 8.78 Å². The van der Waals surface area contributed by atoms with Gasteiger partial charge in [0.05, 0.1) is 0 Å². The molecule has 0 aromatic carbocycles. The molecule has 1 aromatic rings. The molecule has 1 rings (SSSR count). The fourth-order valence-corrected chi connectivity index (χ4v) is 0.856. The van der Waals surface area contributed by atoms with E-state index in [0.717, 1.165) is 0 Å². The van der Waals surface area contributed by atoms with Crippen molar-refractivity contribution in [2.45, 2.75) is 0 Å². The van der Waals surface area contributed by atoms with E-state index in [-0.39, 0.29) is 0 Å². The van der Waals surface area contributed by atoms with Crippen molar-refractivity contribution in [2.24, 2.45) is 15.3 Å². The summed E-state index contributed by atoms with van der Waals surface area (Å²) in [6.45, 7) is 0. The normalized spacial score (nSPS) is 8.59. The molecule has 0 N–H and O–H groups in total. The Morgan fingerprint density at radius 1 is 0.824 bits per heavy atom. The summed E-state index contributed by atoms with van der Waals surface area (Å²) in [5.74, 6) is -4.68. The number of rotatable bonds is 3. The fourth-order valence-electron chi connectivity index (χ4n) is 0.856. The number of hydrogen-bond acceptors (Lipinski definition) is 4. The van der Waals surface area contributed by atoms with Crippen LogP contribution in [0.3, 0.4) is 0 Å². The average Bonchev–Trinajstić information content (AvgIpc) is 2.31. The van der Waals surface area contributed by atoms with E-state index >= 15 is 0 Å². The Kier molecular flexibility index (Phi) is 3.63. The summed E-state index contributed by atoms with van der Waals surface area (Å²) in [4.78, 5) is 9.76. The smallest absolute Gasteiger partial charge is 0.163 e. The quantitative estimate of drug-likeness (QED) is 0.431. The molecule has 0 saturated heterocycles. The van der Waals surface area contributed by atoms with Crippen LogP contribution in [0, 0.1) is 11.6 Å². The van der Waals surface area contributed by atoms with Gasteiger partial charge in [0.25, 0.3) is 0 Å². The first-order chi connectivity index (χ1) is 8.15. The molecule has 0 amide bonds. The van der Waals surface area contributed by atoms with E-state index in [1.807, 2.05) is 0 Å². The topological polar surface area (TPSA) is 159 Å². The van der Waals surface area contributed by atoms with Gasteiger partial charge in [-0.3, -0.25) is 0 Å². The summed E-state index contributed by atoms with van der Waals surface area (Å²) in [6.07, 6.45) is 0. The van der Waals surface area contributed by atoms with Gasteiger partial charge >= 0.3 is 0 Å². The molecule has 0 atom stereocenters. The summed E-state index contributed by atoms with van der Waals surface area (Å²) in [7, 11) is 0. The monoisotopic (exact) mass is 238 g/mol. The van der Waals surface area contributed by atoms with E-state index in [9.17, 15) is 8.78 Å². The van der Waals surface area contributed by atoms with Gasteiger partial charge in [-0.1, -0.05) is 5.11 Å². The first-order valence-corrected chi connectivity index (χ1v) is 3.70. The van der Waals surface area contributed by atoms with Crippen molar-refractivity contribution in [2.75, 3.05) is 0 Å². The van der Waals surface area contributed by atoms with Crippen molar-refractivity contribution in [3.05, 3.63) is 43.0 Å². The van der Waals surface area contributed by atoms with Crippen LogP contribution in [-0.4, -0.2) is 4.98 Å². The van der Waals surface area contributed by atoms with Crippen LogP contribution in [0.15, 0.2) is 15.3 Å². The Hall–Kier alpha value is -3.06. The molecular formula is C5F2N10. The highest BCUT2D eigenvalue weighted by molar-refractivity contribution is 5.56. The van der Waals surface area contributed by atoms with Gasteiger partial charge in [0.1, 0.15) is 5.69 Å². The Bertz CT molecular complexity index is 561. The summed E-state index contributed by atoms with van der Waals surface area (Å²) in [6, 6.07) is 0. The molecule has 10 nitrogen and oxygen atoms in total. The van der Waals surface area contributed by atoms with Crippen LogP contribution in [0.1, 0.15) is 0 Å². The third-order valence-corrected chi connectivity index (χ3v) is 1.44. The molecule has 0 saturated carbocycles. The summed E-state index contributed by atoms with van der Waals surface area (Å²) < 4.78 is 26.7. The van der Waals surface area contributed by atoms with E-state index in [4.69, 9.17) is 16.6 Å². The van der Waals surface area contributed by atoms with Gasteiger partial charge in [-0.05, 0) is 26.8 Å². The van der Waals surface area contributed by atoms with Crippen molar-refractivity contribution >= 4 is 17.3 Å². The van der Waals surface area contributed by atoms with Gasteiger partial charge in [-0.15, -0.1) is 0 Å². The molecule has 12 heteroatoms. The minimum atomic E-state index is -1.45. The molecule has 1 aromatic heterocycles. The molecule has 0 spiro atoms. The maximum Gasteiger partial charge on any atom is 0.163 e. The first-order valence-electron chi connectivity index (χ1n) is 3.70. The third kappa shape index (κ3) is 2.30. The van der Waals surface area contributed by atoms with E-state index < -0.39 is 29.0 Å². The first kappa shape index (κ1) is 12.0. The second kappa shape index (κ2) is 5.14. The summed E-state index contributed by atoms with van der Waals surface area (Å²) >= 11 is 0. The molecular weight excluding hydrogens is 238 g/mol. The van der Waals surface area contributed by atoms with Gasteiger partial charge in [-0.2, -0.15) is 0 Å². The molecule has 0 bridgehead atoms. The Morgan fingerprint density at radius 2 is 1.24 bits per heavy atom. The molecule has 0 radical (unpaired) electrons. The van der Waals surface area contributed by atoms with Crippen LogP contribution in [-0.2, 0) is 0 Å². The lowest BCUT2D eigenvalue weighted by atomic mass is 10.3. The molecule has 17 heavy (non-hydrogen) atoms. The van der Waals surface area contributed by atoms with Crippen molar-refractivity contribution in [3.8, 4) is 0 Å². The van der Waals surface area contributed by atoms with Crippen molar-refractivity contribution in [1.82, 2.24) is 4.98 Å². The van der Waals surface area contributed by atoms with Crippen LogP contribution in [0.4, 0.5) is 26.1 Å². The molecule has 0 unspecified atom stereocenters. The lowest BCUT2D eigenvalue weighted by Crippen LogP contribution is -1.88. The number of hydrogen-bond donors (Lipinski definition) is 0. The number of nitrogens with zero attached hydrogens (tertiary/aromatic N) is 10. The minimum Gasteiger partial charge on any atom is -0.238 e. The molecule has 84 valence electrons. The zero-order valence-corrected chi connectivity index (χ0v) is 7.73. The van der Waals surface area contributed by atoms with E-state index in [1.165, 1.54) is 0 Å². The van der Waals surface area contributed by atoms with Crippen molar-refractivity contribution in [1.29, 1.82) is 0 Å². The van der Waals surface area contributed by atoms with Crippen LogP contribution in [0.25, 0.3) is 31.3 Å². The second-order valence-corrected chi connectivity index (χ2v) is 2.30. The highest BCUT2D eigenvalue weighted by Gasteiger charge is 2.17. The summed E-state index contributed by atoms with van der Waals surface area (Å²) in [5.41, 5.74) is 23.2. The van der Waals surface area contributed by atoms with Crippen LogP contribution < -0.4 is 0 Å². The molecule has 0 fully saturated rings. The summed E-state index contributed by atoms with van der Waals surface area (Å²) in [5, 5.41) is 8.30. The largest absolute Gasteiger partial charge is 0.238 e. The number of aromatic nitrogens is 1. The Labute approximate surface area is 90.4 Å². The highest BCUT2D eigenvalue weighted by atomic mass is 19.1. The second-order valence-electron chi connectivity index (χ2n) is 2.30. The zero-order chi connectivity index (χ0) is 12.8. The Morgan fingerprint density at radius 3 is 1.59 bits per heavy atom. The highest BCUT2D eigenvalue weighted by Crippen LogP contribution is 2.34. The van der Waals surface area contributed by atoms with Crippen molar-refractivity contribution in [3.63, 3.8) is 0 Å². The van der Waals surface area contributed by atoms with E-state index in [1.54, 1.807) is 0 Å². The Balaban J connectivity index is 3.73. The van der Waals surface area contributed by atoms with Gasteiger partial charge < -0.3 is 0 Å². The fraction of sp³-hybridized carbons (Fsp3) is 0. The van der Waals surface area contributed by atoms with E-state index in [2.05, 4.69) is 35.1 Å². The number of halogens is 2. The van der Waals surface area contributed by atoms with Gasteiger partial charge in [0.2, 0.25) is 0 Å². The van der Waals surface area contributed by atoms with Gasteiger partial charge in [0.15, 0.2) is 23.3 Å². The standard InChI is InChI=1S/C5F2N10/c6-1-3(12-15-8)2(7)5(14-17-10)11-4(1)13-16-9. The molecule has 0 aliphatic rings. The van der Waals surface area contributed by atoms with Gasteiger partial charge in [0, 0.05) is 14.7 Å². The predicted octanol–water partition coefficient (Wildman–Crippen LogP) is 4.19. The average molecular weight is 238 g/mol. The van der Waals surface area contributed by atoms with Crippen LogP contribution in [0.5, 0.6) is 0 Å². The van der Waals surface area contributed by atoms with Crippen LogP contribution in [0.2, 0.25) is 0 Å². The SMILES string of the molecule is [N-]=[N+]=Nc1nc(N=[N+]=[N-])c(F)c(N=[N+]=[N-])c1F. The molecule has 0 aliphatic carbocycles. The zero-order valence-electron chi connectivity index (χ0n) is 7.73. The maximum atomic E-state index is 13.4. The maximum absolute atomic E-state index is 13.4.